The van der Waals surface area contributed by atoms with Gasteiger partial charge in [0.25, 0.3) is 0 Å². The molecule has 3 rings (SSSR count). The van der Waals surface area contributed by atoms with Gasteiger partial charge in [0.1, 0.15) is 0 Å². The Morgan fingerprint density at radius 1 is 0.786 bits per heavy atom. The molecule has 0 aliphatic carbocycles. The number of benzene rings is 3. The van der Waals surface area contributed by atoms with E-state index in [2.05, 4.69) is 41.2 Å². The lowest BCUT2D eigenvalue weighted by Gasteiger charge is -2.20. The molecule has 0 radical (unpaired) electrons. The SMILES string of the molecule is Cc1ccc(CNC(CNS(=O)(=O)c2ccc(C)cc2)c2ccccc2)cc1. The summed E-state index contributed by atoms with van der Waals surface area (Å²) >= 11 is 0. The maximum Gasteiger partial charge on any atom is 0.240 e. The van der Waals surface area contributed by atoms with Gasteiger partial charge in [-0.2, -0.15) is 0 Å². The Balaban J connectivity index is 1.72. The largest absolute Gasteiger partial charge is 0.305 e. The van der Waals surface area contributed by atoms with Gasteiger partial charge in [-0.25, -0.2) is 13.1 Å². The summed E-state index contributed by atoms with van der Waals surface area (Å²) in [6, 6.07) is 25.0. The Bertz CT molecular complexity index is 983. The first-order chi connectivity index (χ1) is 13.4. The van der Waals surface area contributed by atoms with Crippen molar-refractivity contribution in [3.63, 3.8) is 0 Å². The van der Waals surface area contributed by atoms with Gasteiger partial charge in [0.05, 0.1) is 4.90 Å². The monoisotopic (exact) mass is 394 g/mol. The Kier molecular flexibility index (Phi) is 6.62. The molecular formula is C23H26N2O2S. The standard InChI is InChI=1S/C23H26N2O2S/c1-18-8-12-20(13-9-18)16-24-23(21-6-4-3-5-7-21)17-25-28(26,27)22-14-10-19(2)11-15-22/h3-15,23-25H,16-17H2,1-2H3. The first kappa shape index (κ1) is 20.3. The van der Waals surface area contributed by atoms with Gasteiger partial charge in [-0.15, -0.1) is 0 Å². The summed E-state index contributed by atoms with van der Waals surface area (Å²) in [5.74, 6) is 0. The van der Waals surface area contributed by atoms with E-state index < -0.39 is 10.0 Å². The third-order valence-electron chi connectivity index (χ3n) is 4.68. The molecular weight excluding hydrogens is 368 g/mol. The Morgan fingerprint density at radius 2 is 1.36 bits per heavy atom. The van der Waals surface area contributed by atoms with Crippen LogP contribution in [-0.2, 0) is 16.6 Å². The molecule has 4 nitrogen and oxygen atoms in total. The third kappa shape index (κ3) is 5.52. The summed E-state index contributed by atoms with van der Waals surface area (Å²) in [6.07, 6.45) is 0. The van der Waals surface area contributed by atoms with E-state index in [0.29, 0.717) is 6.54 Å². The number of nitrogens with one attached hydrogen (secondary N) is 2. The van der Waals surface area contributed by atoms with E-state index in [0.717, 1.165) is 16.7 Å². The van der Waals surface area contributed by atoms with Crippen LogP contribution in [0.2, 0.25) is 0 Å². The first-order valence-electron chi connectivity index (χ1n) is 9.34. The van der Waals surface area contributed by atoms with Crippen molar-refractivity contribution in [1.29, 1.82) is 0 Å². The summed E-state index contributed by atoms with van der Waals surface area (Å²) in [5, 5.41) is 3.48. The highest BCUT2D eigenvalue weighted by atomic mass is 32.2. The number of hydrogen-bond donors (Lipinski definition) is 2. The van der Waals surface area contributed by atoms with Crippen LogP contribution in [0.5, 0.6) is 0 Å². The van der Waals surface area contributed by atoms with Crippen LogP contribution in [0.3, 0.4) is 0 Å². The maximum absolute atomic E-state index is 12.7. The smallest absolute Gasteiger partial charge is 0.240 e. The predicted molar refractivity (Wildman–Crippen MR) is 114 cm³/mol. The predicted octanol–water partition coefficient (Wildman–Crippen LogP) is 4.11. The molecule has 0 aromatic heterocycles. The van der Waals surface area contributed by atoms with Crippen molar-refractivity contribution in [2.24, 2.45) is 0 Å². The van der Waals surface area contributed by atoms with E-state index in [1.54, 1.807) is 24.3 Å². The Hall–Kier alpha value is -2.47. The van der Waals surface area contributed by atoms with Gasteiger partial charge in [-0.3, -0.25) is 0 Å². The fourth-order valence-corrected chi connectivity index (χ4v) is 3.98. The van der Waals surface area contributed by atoms with Gasteiger partial charge in [-0.05, 0) is 37.1 Å². The lowest BCUT2D eigenvalue weighted by atomic mass is 10.1. The molecule has 0 saturated carbocycles. The average molecular weight is 395 g/mol. The van der Waals surface area contributed by atoms with E-state index in [1.807, 2.05) is 37.3 Å². The van der Waals surface area contributed by atoms with Gasteiger partial charge in [0.2, 0.25) is 10.0 Å². The normalized spacial score (nSPS) is 12.6. The van der Waals surface area contributed by atoms with Gasteiger partial charge in [0, 0.05) is 19.1 Å². The first-order valence-corrected chi connectivity index (χ1v) is 10.8. The maximum atomic E-state index is 12.7. The number of rotatable bonds is 8. The number of hydrogen-bond acceptors (Lipinski definition) is 3. The minimum Gasteiger partial charge on any atom is -0.305 e. The van der Waals surface area contributed by atoms with Crippen molar-refractivity contribution in [1.82, 2.24) is 10.0 Å². The molecule has 0 aliphatic heterocycles. The van der Waals surface area contributed by atoms with Crippen molar-refractivity contribution >= 4 is 10.0 Å². The molecule has 0 fully saturated rings. The van der Waals surface area contributed by atoms with Crippen LogP contribution in [0.15, 0.2) is 83.8 Å². The van der Waals surface area contributed by atoms with Crippen LogP contribution >= 0.6 is 0 Å². The minimum atomic E-state index is -3.56. The van der Waals surface area contributed by atoms with E-state index in [9.17, 15) is 8.42 Å². The molecule has 3 aromatic carbocycles. The molecule has 0 aliphatic rings. The number of aryl methyl sites for hydroxylation is 2. The lowest BCUT2D eigenvalue weighted by Crippen LogP contribution is -2.34. The average Bonchev–Trinajstić information content (AvgIpc) is 2.70. The molecule has 1 atom stereocenters. The van der Waals surface area contributed by atoms with Crippen LogP contribution in [0.25, 0.3) is 0 Å². The Morgan fingerprint density at radius 3 is 1.96 bits per heavy atom. The fraction of sp³-hybridized carbons (Fsp3) is 0.217. The van der Waals surface area contributed by atoms with Gasteiger partial charge >= 0.3 is 0 Å². The van der Waals surface area contributed by atoms with Crippen molar-refractivity contribution in [2.75, 3.05) is 6.54 Å². The molecule has 28 heavy (non-hydrogen) atoms. The molecule has 146 valence electrons. The quantitative estimate of drug-likeness (QED) is 0.604. The second-order valence-electron chi connectivity index (χ2n) is 6.99. The third-order valence-corrected chi connectivity index (χ3v) is 6.12. The molecule has 2 N–H and O–H groups in total. The van der Waals surface area contributed by atoms with Crippen molar-refractivity contribution in [3.05, 3.63) is 101 Å². The molecule has 0 heterocycles. The van der Waals surface area contributed by atoms with Gasteiger partial charge in [0.15, 0.2) is 0 Å². The van der Waals surface area contributed by atoms with Crippen LogP contribution in [-0.4, -0.2) is 15.0 Å². The van der Waals surface area contributed by atoms with Crippen LogP contribution in [0.1, 0.15) is 28.3 Å². The van der Waals surface area contributed by atoms with Crippen LogP contribution < -0.4 is 10.0 Å². The molecule has 0 saturated heterocycles. The lowest BCUT2D eigenvalue weighted by molar-refractivity contribution is 0.513. The van der Waals surface area contributed by atoms with Gasteiger partial charge < -0.3 is 5.32 Å². The molecule has 5 heteroatoms. The van der Waals surface area contributed by atoms with Crippen molar-refractivity contribution in [2.45, 2.75) is 31.3 Å². The summed E-state index contributed by atoms with van der Waals surface area (Å²) in [5.41, 5.74) is 4.45. The molecule has 0 bridgehead atoms. The zero-order chi connectivity index (χ0) is 20.0. The van der Waals surface area contributed by atoms with E-state index in [1.165, 1.54) is 5.56 Å². The van der Waals surface area contributed by atoms with Gasteiger partial charge in [-0.1, -0.05) is 77.9 Å². The van der Waals surface area contributed by atoms with Crippen LogP contribution in [0.4, 0.5) is 0 Å². The second kappa shape index (κ2) is 9.15. The zero-order valence-electron chi connectivity index (χ0n) is 16.2. The summed E-state index contributed by atoms with van der Waals surface area (Å²) < 4.78 is 28.1. The molecule has 0 amide bonds. The van der Waals surface area contributed by atoms with Crippen LogP contribution in [0, 0.1) is 13.8 Å². The zero-order valence-corrected chi connectivity index (χ0v) is 17.0. The summed E-state index contributed by atoms with van der Waals surface area (Å²) in [6.45, 7) is 4.92. The van der Waals surface area contributed by atoms with E-state index in [-0.39, 0.29) is 17.5 Å². The highest BCUT2D eigenvalue weighted by Gasteiger charge is 2.18. The fourth-order valence-electron chi connectivity index (χ4n) is 2.93. The molecule has 0 spiro atoms. The van der Waals surface area contributed by atoms with E-state index >= 15 is 0 Å². The molecule has 1 unspecified atom stereocenters. The highest BCUT2D eigenvalue weighted by Crippen LogP contribution is 2.16. The van der Waals surface area contributed by atoms with Crippen molar-refractivity contribution in [3.8, 4) is 0 Å². The minimum absolute atomic E-state index is 0.136. The number of sulfonamides is 1. The topological polar surface area (TPSA) is 58.2 Å². The Labute approximate surface area is 167 Å². The summed E-state index contributed by atoms with van der Waals surface area (Å²) in [4.78, 5) is 0.281. The van der Waals surface area contributed by atoms with E-state index in [4.69, 9.17) is 0 Å². The summed E-state index contributed by atoms with van der Waals surface area (Å²) in [7, 11) is -3.56. The molecule has 3 aromatic rings. The second-order valence-corrected chi connectivity index (χ2v) is 8.76. The highest BCUT2D eigenvalue weighted by molar-refractivity contribution is 7.89. The van der Waals surface area contributed by atoms with Crippen molar-refractivity contribution < 1.29 is 8.42 Å².